The lowest BCUT2D eigenvalue weighted by Gasteiger charge is -2.36. The number of anilines is 2. The number of rotatable bonds is 4. The van der Waals surface area contributed by atoms with Crippen molar-refractivity contribution in [3.8, 4) is 5.69 Å². The van der Waals surface area contributed by atoms with Crippen LogP contribution in [0.25, 0.3) is 5.69 Å². The van der Waals surface area contributed by atoms with Crippen molar-refractivity contribution in [2.24, 2.45) is 0 Å². The second-order valence-corrected chi connectivity index (χ2v) is 8.62. The molecule has 8 nitrogen and oxygen atoms in total. The summed E-state index contributed by atoms with van der Waals surface area (Å²) in [5.41, 5.74) is 1.55. The second kappa shape index (κ2) is 9.23. The Morgan fingerprint density at radius 3 is 2.33 bits per heavy atom. The van der Waals surface area contributed by atoms with Crippen molar-refractivity contribution >= 4 is 29.0 Å². The Labute approximate surface area is 197 Å². The van der Waals surface area contributed by atoms with E-state index in [1.807, 2.05) is 52.3 Å². The largest absolute Gasteiger partial charge is 0.365 e. The molecule has 2 saturated heterocycles. The van der Waals surface area contributed by atoms with Gasteiger partial charge in [0.05, 0.1) is 23.1 Å². The maximum atomic E-state index is 13.3. The van der Waals surface area contributed by atoms with Crippen molar-refractivity contribution in [2.45, 2.75) is 12.8 Å². The number of carbonyl (C=O) groups excluding carboxylic acids is 1. The van der Waals surface area contributed by atoms with Crippen LogP contribution in [0.15, 0.2) is 59.7 Å². The molecule has 4 heterocycles. The third-order valence-electron chi connectivity index (χ3n) is 6.23. The quantitative estimate of drug-likeness (QED) is 0.591. The zero-order valence-electron chi connectivity index (χ0n) is 18.2. The lowest BCUT2D eigenvalue weighted by molar-refractivity contribution is 0.0747. The first kappa shape index (κ1) is 21.5. The van der Waals surface area contributed by atoms with Crippen LogP contribution in [0.5, 0.6) is 0 Å². The Morgan fingerprint density at radius 2 is 1.61 bits per heavy atom. The minimum Gasteiger partial charge on any atom is -0.365 e. The number of hydrogen-bond acceptors (Lipinski definition) is 6. The second-order valence-electron chi connectivity index (χ2n) is 8.24. The normalized spacial score (nSPS) is 16.3. The minimum atomic E-state index is -0.357. The molecule has 9 heteroatoms. The van der Waals surface area contributed by atoms with Gasteiger partial charge < -0.3 is 14.7 Å². The van der Waals surface area contributed by atoms with E-state index in [0.29, 0.717) is 43.1 Å². The summed E-state index contributed by atoms with van der Waals surface area (Å²) in [5.74, 6) is 0.771. The van der Waals surface area contributed by atoms with Gasteiger partial charge in [-0.25, -0.2) is 4.98 Å². The number of benzene rings is 1. The smallest absolute Gasteiger partial charge is 0.292 e. The monoisotopic (exact) mass is 464 g/mol. The van der Waals surface area contributed by atoms with Gasteiger partial charge in [-0.05, 0) is 37.1 Å². The Hall–Kier alpha value is -3.39. The van der Waals surface area contributed by atoms with E-state index < -0.39 is 0 Å². The van der Waals surface area contributed by atoms with Crippen LogP contribution in [-0.2, 0) is 0 Å². The highest BCUT2D eigenvalue weighted by Crippen LogP contribution is 2.26. The number of nitrogens with zero attached hydrogens (tertiary/aromatic N) is 6. The van der Waals surface area contributed by atoms with Crippen LogP contribution in [0.2, 0.25) is 5.02 Å². The van der Waals surface area contributed by atoms with Gasteiger partial charge in [-0.3, -0.25) is 9.59 Å². The van der Waals surface area contributed by atoms with E-state index in [1.165, 1.54) is 4.68 Å². The summed E-state index contributed by atoms with van der Waals surface area (Å²) in [6, 6.07) is 12.9. The number of aromatic nitrogens is 3. The summed E-state index contributed by atoms with van der Waals surface area (Å²) in [5, 5.41) is 4.46. The van der Waals surface area contributed by atoms with Gasteiger partial charge in [-0.2, -0.15) is 9.78 Å². The number of piperazine rings is 1. The molecule has 2 aliphatic rings. The third kappa shape index (κ3) is 4.18. The number of pyridine rings is 1. The molecule has 0 unspecified atom stereocenters. The first-order chi connectivity index (χ1) is 16.1. The Kier molecular flexibility index (Phi) is 6.00. The highest BCUT2D eigenvalue weighted by molar-refractivity contribution is 6.33. The molecule has 0 aliphatic carbocycles. The van der Waals surface area contributed by atoms with E-state index in [2.05, 4.69) is 15.0 Å². The Balaban J connectivity index is 1.31. The molecule has 33 heavy (non-hydrogen) atoms. The van der Waals surface area contributed by atoms with Gasteiger partial charge in [0.25, 0.3) is 11.5 Å². The molecule has 0 N–H and O–H groups in total. The highest BCUT2D eigenvalue weighted by atomic mass is 35.5. The fraction of sp³-hybridized carbons (Fsp3) is 0.333. The number of halogens is 1. The van der Waals surface area contributed by atoms with E-state index in [-0.39, 0.29) is 16.5 Å². The van der Waals surface area contributed by atoms with E-state index in [4.69, 9.17) is 11.6 Å². The van der Waals surface area contributed by atoms with Crippen molar-refractivity contribution in [3.63, 3.8) is 0 Å². The predicted molar refractivity (Wildman–Crippen MR) is 129 cm³/mol. The average Bonchev–Trinajstić information content (AvgIpc) is 3.41. The Bertz CT molecular complexity index is 1200. The molecular formula is C24H25ClN6O2. The number of para-hydroxylation sites is 1. The molecule has 2 fully saturated rings. The summed E-state index contributed by atoms with van der Waals surface area (Å²) in [4.78, 5) is 36.7. The van der Waals surface area contributed by atoms with Crippen LogP contribution >= 0.6 is 11.6 Å². The van der Waals surface area contributed by atoms with Gasteiger partial charge in [-0.15, -0.1) is 0 Å². The zero-order chi connectivity index (χ0) is 22.8. The molecule has 1 aromatic carbocycles. The molecular weight excluding hydrogens is 440 g/mol. The van der Waals surface area contributed by atoms with Gasteiger partial charge in [0, 0.05) is 45.5 Å². The van der Waals surface area contributed by atoms with Crippen molar-refractivity contribution in [1.82, 2.24) is 19.7 Å². The van der Waals surface area contributed by atoms with Gasteiger partial charge in [0.15, 0.2) is 0 Å². The molecule has 170 valence electrons. The maximum Gasteiger partial charge on any atom is 0.292 e. The van der Waals surface area contributed by atoms with Crippen LogP contribution in [0.3, 0.4) is 0 Å². The predicted octanol–water partition coefficient (Wildman–Crippen LogP) is 2.84. The van der Waals surface area contributed by atoms with Crippen LogP contribution in [0.1, 0.15) is 23.2 Å². The maximum absolute atomic E-state index is 13.3. The summed E-state index contributed by atoms with van der Waals surface area (Å²) in [7, 11) is 0. The number of amides is 1. The number of carbonyl (C=O) groups is 1. The SMILES string of the molecule is O=C(c1cccnc1N1CCCC1)N1CCN(c2cnn(-c3ccccc3)c(=O)c2Cl)CC1. The molecule has 0 saturated carbocycles. The van der Waals surface area contributed by atoms with Crippen molar-refractivity contribution in [2.75, 3.05) is 49.1 Å². The van der Waals surface area contributed by atoms with E-state index in [0.717, 1.165) is 31.7 Å². The summed E-state index contributed by atoms with van der Waals surface area (Å²) >= 11 is 6.46. The van der Waals surface area contributed by atoms with E-state index in [9.17, 15) is 9.59 Å². The fourth-order valence-corrected chi connectivity index (χ4v) is 4.71. The topological polar surface area (TPSA) is 74.6 Å². The highest BCUT2D eigenvalue weighted by Gasteiger charge is 2.28. The van der Waals surface area contributed by atoms with Crippen LogP contribution < -0.4 is 15.4 Å². The molecule has 0 radical (unpaired) electrons. The number of hydrogen-bond donors (Lipinski definition) is 0. The van der Waals surface area contributed by atoms with Crippen molar-refractivity contribution in [1.29, 1.82) is 0 Å². The summed E-state index contributed by atoms with van der Waals surface area (Å²) < 4.78 is 1.30. The average molecular weight is 465 g/mol. The van der Waals surface area contributed by atoms with Crippen LogP contribution in [0, 0.1) is 0 Å². The summed E-state index contributed by atoms with van der Waals surface area (Å²) in [6.07, 6.45) is 5.62. The van der Waals surface area contributed by atoms with Crippen molar-refractivity contribution in [3.05, 3.63) is 75.8 Å². The Morgan fingerprint density at radius 1 is 0.879 bits per heavy atom. The van der Waals surface area contributed by atoms with Crippen LogP contribution in [-0.4, -0.2) is 64.8 Å². The van der Waals surface area contributed by atoms with Gasteiger partial charge in [0.1, 0.15) is 10.8 Å². The zero-order valence-corrected chi connectivity index (χ0v) is 19.0. The minimum absolute atomic E-state index is 0.00614. The van der Waals surface area contributed by atoms with Crippen LogP contribution in [0.4, 0.5) is 11.5 Å². The first-order valence-corrected chi connectivity index (χ1v) is 11.6. The summed E-state index contributed by atoms with van der Waals surface area (Å²) in [6.45, 7) is 4.08. The van der Waals surface area contributed by atoms with Gasteiger partial charge in [-0.1, -0.05) is 29.8 Å². The lowest BCUT2D eigenvalue weighted by Crippen LogP contribution is -2.49. The molecule has 2 aliphatic heterocycles. The van der Waals surface area contributed by atoms with E-state index in [1.54, 1.807) is 12.4 Å². The van der Waals surface area contributed by atoms with Gasteiger partial charge >= 0.3 is 0 Å². The van der Waals surface area contributed by atoms with E-state index >= 15 is 0 Å². The standard InChI is InChI=1S/C24H25ClN6O2/c25-21-20(17-27-31(24(21)33)18-7-2-1-3-8-18)28-13-15-30(16-14-28)23(32)19-9-6-10-26-22(19)29-11-4-5-12-29/h1-3,6-10,17H,4-5,11-16H2. The third-order valence-corrected chi connectivity index (χ3v) is 6.59. The van der Waals surface area contributed by atoms with Gasteiger partial charge in [0.2, 0.25) is 0 Å². The molecule has 2 aromatic heterocycles. The molecule has 1 amide bonds. The molecule has 0 bridgehead atoms. The van der Waals surface area contributed by atoms with Crippen molar-refractivity contribution < 1.29 is 4.79 Å². The fourth-order valence-electron chi connectivity index (χ4n) is 4.46. The molecule has 0 spiro atoms. The lowest BCUT2D eigenvalue weighted by atomic mass is 10.2. The first-order valence-electron chi connectivity index (χ1n) is 11.2. The molecule has 5 rings (SSSR count). The molecule has 3 aromatic rings. The molecule has 0 atom stereocenters.